The summed E-state index contributed by atoms with van der Waals surface area (Å²) in [5, 5.41) is 3.12. The fraction of sp³-hybridized carbons (Fsp3) is 0.500. The summed E-state index contributed by atoms with van der Waals surface area (Å²) in [6, 6.07) is 1.30. The van der Waals surface area contributed by atoms with Gasteiger partial charge in [0.1, 0.15) is 6.04 Å². The highest BCUT2D eigenvalue weighted by Gasteiger charge is 2.41. The summed E-state index contributed by atoms with van der Waals surface area (Å²) < 4.78 is 0.779. The van der Waals surface area contributed by atoms with Crippen LogP contribution < -0.4 is 5.32 Å². The number of pyridine rings is 1. The van der Waals surface area contributed by atoms with Crippen LogP contribution in [0, 0.1) is 0 Å². The van der Waals surface area contributed by atoms with Crippen LogP contribution in [0.4, 0.5) is 5.69 Å². The molecule has 5 nitrogen and oxygen atoms in total. The minimum Gasteiger partial charge on any atom is -0.372 e. The maximum absolute atomic E-state index is 12.4. The molecule has 0 bridgehead atoms. The molecular formula is C14H18BrN3O2. The molecule has 1 aromatic rings. The normalized spacial score (nSPS) is 19.0. The third kappa shape index (κ3) is 2.85. The molecule has 108 valence electrons. The van der Waals surface area contributed by atoms with E-state index in [9.17, 15) is 9.59 Å². The number of carbonyl (C=O) groups is 2. The number of hydrogen-bond donors (Lipinski definition) is 1. The van der Waals surface area contributed by atoms with E-state index in [-0.39, 0.29) is 24.3 Å². The Morgan fingerprint density at radius 3 is 2.75 bits per heavy atom. The van der Waals surface area contributed by atoms with Crippen LogP contribution in [0.15, 0.2) is 22.9 Å². The first-order chi connectivity index (χ1) is 9.58. The zero-order valence-electron chi connectivity index (χ0n) is 11.6. The van der Waals surface area contributed by atoms with Gasteiger partial charge < -0.3 is 5.32 Å². The van der Waals surface area contributed by atoms with Crippen molar-refractivity contribution in [3.8, 4) is 0 Å². The first-order valence-electron chi connectivity index (χ1n) is 6.80. The molecule has 20 heavy (non-hydrogen) atoms. The van der Waals surface area contributed by atoms with Gasteiger partial charge in [-0.1, -0.05) is 13.8 Å². The van der Waals surface area contributed by atoms with Crippen LogP contribution in [-0.4, -0.2) is 33.8 Å². The third-order valence-corrected chi connectivity index (χ3v) is 4.22. The highest BCUT2D eigenvalue weighted by molar-refractivity contribution is 9.10. The molecule has 1 aliphatic rings. The Labute approximate surface area is 126 Å². The number of imide groups is 1. The molecule has 2 heterocycles. The van der Waals surface area contributed by atoms with E-state index in [2.05, 4.69) is 26.2 Å². The molecule has 0 saturated carbocycles. The van der Waals surface area contributed by atoms with E-state index < -0.39 is 6.04 Å². The van der Waals surface area contributed by atoms with Crippen molar-refractivity contribution in [3.05, 3.63) is 22.9 Å². The van der Waals surface area contributed by atoms with Gasteiger partial charge in [0.15, 0.2) is 0 Å². The van der Waals surface area contributed by atoms with Crippen molar-refractivity contribution in [1.29, 1.82) is 0 Å². The largest absolute Gasteiger partial charge is 0.372 e. The van der Waals surface area contributed by atoms with Gasteiger partial charge in [0.25, 0.3) is 5.91 Å². The van der Waals surface area contributed by atoms with Crippen molar-refractivity contribution in [2.45, 2.75) is 45.2 Å². The lowest BCUT2D eigenvalue weighted by molar-refractivity contribution is -0.141. The van der Waals surface area contributed by atoms with Crippen LogP contribution in [-0.2, 0) is 9.59 Å². The Hall–Kier alpha value is -1.43. The van der Waals surface area contributed by atoms with Crippen molar-refractivity contribution < 1.29 is 9.59 Å². The highest BCUT2D eigenvalue weighted by Crippen LogP contribution is 2.26. The fourth-order valence-corrected chi connectivity index (χ4v) is 2.85. The first-order valence-corrected chi connectivity index (χ1v) is 7.59. The van der Waals surface area contributed by atoms with Crippen molar-refractivity contribution in [2.75, 3.05) is 5.32 Å². The van der Waals surface area contributed by atoms with E-state index in [0.717, 1.165) is 23.0 Å². The summed E-state index contributed by atoms with van der Waals surface area (Å²) in [5.74, 6) is -0.223. The standard InChI is InChI=1S/C14H18BrN3O2/c1-3-9(4-2)18-13(19)7-12(14(18)20)17-11-5-6-16-8-10(11)15/h5-6,8-9,12H,3-4,7H2,1-2H3,(H,16,17). The maximum atomic E-state index is 12.4. The van der Waals surface area contributed by atoms with Crippen LogP contribution >= 0.6 is 15.9 Å². The van der Waals surface area contributed by atoms with Gasteiger partial charge >= 0.3 is 0 Å². The van der Waals surface area contributed by atoms with Gasteiger partial charge in [-0.15, -0.1) is 0 Å². The van der Waals surface area contributed by atoms with E-state index in [1.54, 1.807) is 18.5 Å². The van der Waals surface area contributed by atoms with Crippen molar-refractivity contribution >= 4 is 33.4 Å². The smallest absolute Gasteiger partial charge is 0.252 e. The van der Waals surface area contributed by atoms with Crippen molar-refractivity contribution in [2.24, 2.45) is 0 Å². The Kier molecular flexibility index (Phi) is 4.75. The van der Waals surface area contributed by atoms with Crippen LogP contribution in [0.5, 0.6) is 0 Å². The molecule has 1 atom stereocenters. The summed E-state index contributed by atoms with van der Waals surface area (Å²) in [6.07, 6.45) is 5.10. The molecule has 0 aromatic carbocycles. The zero-order chi connectivity index (χ0) is 14.7. The molecule has 1 fully saturated rings. The molecule has 1 saturated heterocycles. The second-order valence-corrected chi connectivity index (χ2v) is 5.68. The molecular weight excluding hydrogens is 322 g/mol. The molecule has 0 radical (unpaired) electrons. The fourth-order valence-electron chi connectivity index (χ4n) is 2.48. The summed E-state index contributed by atoms with van der Waals surface area (Å²) in [7, 11) is 0. The van der Waals surface area contributed by atoms with Crippen LogP contribution in [0.1, 0.15) is 33.1 Å². The lowest BCUT2D eigenvalue weighted by atomic mass is 10.1. The summed E-state index contributed by atoms with van der Waals surface area (Å²) >= 11 is 3.38. The molecule has 1 aliphatic heterocycles. The third-order valence-electron chi connectivity index (χ3n) is 3.59. The van der Waals surface area contributed by atoms with E-state index in [1.165, 1.54) is 4.90 Å². The van der Waals surface area contributed by atoms with Gasteiger partial charge in [0.05, 0.1) is 16.6 Å². The van der Waals surface area contributed by atoms with Gasteiger partial charge in [-0.05, 0) is 34.8 Å². The van der Waals surface area contributed by atoms with Gasteiger partial charge in [0, 0.05) is 18.4 Å². The van der Waals surface area contributed by atoms with E-state index in [4.69, 9.17) is 0 Å². The molecule has 1 unspecified atom stereocenters. The lowest BCUT2D eigenvalue weighted by Crippen LogP contribution is -2.41. The average Bonchev–Trinajstić information content (AvgIpc) is 2.71. The minimum absolute atomic E-state index is 0.00248. The molecule has 2 rings (SSSR count). The number of hydrogen-bond acceptors (Lipinski definition) is 4. The SMILES string of the molecule is CCC(CC)N1C(=O)CC(Nc2ccncc2Br)C1=O. The summed E-state index contributed by atoms with van der Waals surface area (Å²) in [6.45, 7) is 3.99. The minimum atomic E-state index is -0.484. The topological polar surface area (TPSA) is 62.3 Å². The first kappa shape index (κ1) is 15.0. The molecule has 1 N–H and O–H groups in total. The monoisotopic (exact) mass is 339 g/mol. The number of halogens is 1. The number of anilines is 1. The number of nitrogens with zero attached hydrogens (tertiary/aromatic N) is 2. The molecule has 0 spiro atoms. The van der Waals surface area contributed by atoms with E-state index >= 15 is 0 Å². The number of amides is 2. The molecule has 6 heteroatoms. The summed E-state index contributed by atoms with van der Waals surface area (Å²) in [5.41, 5.74) is 0.776. The Morgan fingerprint density at radius 2 is 2.15 bits per heavy atom. The van der Waals surface area contributed by atoms with Crippen molar-refractivity contribution in [3.63, 3.8) is 0 Å². The quantitative estimate of drug-likeness (QED) is 0.837. The zero-order valence-corrected chi connectivity index (χ0v) is 13.2. The molecule has 0 aliphatic carbocycles. The average molecular weight is 340 g/mol. The van der Waals surface area contributed by atoms with Crippen molar-refractivity contribution in [1.82, 2.24) is 9.88 Å². The number of aromatic nitrogens is 1. The molecule has 2 amide bonds. The summed E-state index contributed by atoms with van der Waals surface area (Å²) in [4.78, 5) is 29.9. The van der Waals surface area contributed by atoms with Gasteiger partial charge in [-0.25, -0.2) is 0 Å². The number of likely N-dealkylation sites (tertiary alicyclic amines) is 1. The van der Waals surface area contributed by atoms with Crippen LogP contribution in [0.3, 0.4) is 0 Å². The Bertz CT molecular complexity index is 517. The Morgan fingerprint density at radius 1 is 1.45 bits per heavy atom. The number of rotatable bonds is 5. The van der Waals surface area contributed by atoms with Gasteiger partial charge in [-0.2, -0.15) is 0 Å². The second-order valence-electron chi connectivity index (χ2n) is 4.83. The lowest BCUT2D eigenvalue weighted by Gasteiger charge is -2.24. The Balaban J connectivity index is 2.14. The van der Waals surface area contributed by atoms with E-state index in [1.807, 2.05) is 13.8 Å². The van der Waals surface area contributed by atoms with Crippen LogP contribution in [0.2, 0.25) is 0 Å². The van der Waals surface area contributed by atoms with Gasteiger partial charge in [0.2, 0.25) is 5.91 Å². The number of nitrogens with one attached hydrogen (secondary N) is 1. The van der Waals surface area contributed by atoms with E-state index in [0.29, 0.717) is 0 Å². The molecule has 1 aromatic heterocycles. The van der Waals surface area contributed by atoms with Gasteiger partial charge in [-0.3, -0.25) is 19.5 Å². The maximum Gasteiger partial charge on any atom is 0.252 e. The van der Waals surface area contributed by atoms with Crippen LogP contribution in [0.25, 0.3) is 0 Å². The second kappa shape index (κ2) is 6.35. The number of carbonyl (C=O) groups excluding carboxylic acids is 2. The predicted octanol–water partition coefficient (Wildman–Crippen LogP) is 2.57. The highest BCUT2D eigenvalue weighted by atomic mass is 79.9. The predicted molar refractivity (Wildman–Crippen MR) is 80.2 cm³/mol.